The Morgan fingerprint density at radius 3 is 2.58 bits per heavy atom. The van der Waals surface area contributed by atoms with Gasteiger partial charge in [-0.15, -0.1) is 0 Å². The number of aromatic nitrogens is 2. The van der Waals surface area contributed by atoms with Crippen molar-refractivity contribution in [2.24, 2.45) is 0 Å². The molecule has 38 heavy (non-hydrogen) atoms. The second-order valence-corrected chi connectivity index (χ2v) is 9.61. The van der Waals surface area contributed by atoms with Crippen LogP contribution in [-0.4, -0.2) is 38.2 Å². The predicted molar refractivity (Wildman–Crippen MR) is 145 cm³/mol. The number of aryl methyl sites for hydroxylation is 1. The number of ether oxygens (including phenoxy) is 1. The highest BCUT2D eigenvalue weighted by Gasteiger charge is 2.21. The molecule has 2 amide bonds. The Morgan fingerprint density at radius 1 is 1.08 bits per heavy atom. The fourth-order valence-electron chi connectivity index (χ4n) is 4.30. The van der Waals surface area contributed by atoms with E-state index in [4.69, 9.17) is 4.74 Å². The summed E-state index contributed by atoms with van der Waals surface area (Å²) in [7, 11) is 0. The standard InChI is InChI=1S/C28H26N4O5S/c1-2-20-25(26(34)35)32-22-13-12-19(14-24(22)38-28(32)31-20)37-23-11-7-6-10-18(23)15-29-27(36)30-21(16-33)17-8-4-3-5-9-17/h3-14,21,33H,2,15-16H2,1H3,(H,34,35)(H2,29,30,36). The third-order valence-electron chi connectivity index (χ3n) is 6.16. The summed E-state index contributed by atoms with van der Waals surface area (Å²) in [6.07, 6.45) is 0.536. The van der Waals surface area contributed by atoms with Crippen LogP contribution in [0.15, 0.2) is 72.8 Å². The lowest BCUT2D eigenvalue weighted by Crippen LogP contribution is -2.38. The first kappa shape index (κ1) is 25.2. The minimum atomic E-state index is -1.01. The number of urea groups is 1. The van der Waals surface area contributed by atoms with Gasteiger partial charge in [0.1, 0.15) is 11.5 Å². The number of benzene rings is 3. The predicted octanol–water partition coefficient (Wildman–Crippen LogP) is 5.13. The molecule has 0 bridgehead atoms. The average molecular weight is 531 g/mol. The van der Waals surface area contributed by atoms with Crippen LogP contribution in [-0.2, 0) is 13.0 Å². The number of carbonyl (C=O) groups is 2. The highest BCUT2D eigenvalue weighted by atomic mass is 32.1. The minimum Gasteiger partial charge on any atom is -0.477 e. The van der Waals surface area contributed by atoms with Crippen molar-refractivity contribution in [1.82, 2.24) is 20.0 Å². The number of para-hydroxylation sites is 1. The SMILES string of the molecule is CCc1nc2sc3cc(Oc4ccccc4CNC(=O)NC(CO)c4ccccc4)ccc3n2c1C(=O)O. The van der Waals surface area contributed by atoms with Gasteiger partial charge in [0.2, 0.25) is 0 Å². The fourth-order valence-corrected chi connectivity index (χ4v) is 5.38. The van der Waals surface area contributed by atoms with Crippen molar-refractivity contribution < 1.29 is 24.5 Å². The summed E-state index contributed by atoms with van der Waals surface area (Å²) >= 11 is 1.40. The van der Waals surface area contributed by atoms with Crippen molar-refractivity contribution in [1.29, 1.82) is 0 Å². The number of aromatic carboxylic acids is 1. The van der Waals surface area contributed by atoms with E-state index in [1.807, 2.05) is 73.7 Å². The maximum Gasteiger partial charge on any atom is 0.354 e. The zero-order valence-corrected chi connectivity index (χ0v) is 21.4. The Hall–Kier alpha value is -4.41. The quantitative estimate of drug-likeness (QED) is 0.209. The van der Waals surface area contributed by atoms with Gasteiger partial charge in [0, 0.05) is 18.2 Å². The monoisotopic (exact) mass is 530 g/mol. The number of hydrogen-bond acceptors (Lipinski definition) is 6. The van der Waals surface area contributed by atoms with Gasteiger partial charge < -0.3 is 25.6 Å². The summed E-state index contributed by atoms with van der Waals surface area (Å²) in [5.74, 6) is 0.152. The molecule has 4 N–H and O–H groups in total. The Kier molecular flexibility index (Phi) is 7.25. The number of thiazole rings is 1. The van der Waals surface area contributed by atoms with Crippen LogP contribution in [0.2, 0.25) is 0 Å². The first-order chi connectivity index (χ1) is 18.5. The van der Waals surface area contributed by atoms with Crippen molar-refractivity contribution in [2.45, 2.75) is 25.9 Å². The van der Waals surface area contributed by atoms with Gasteiger partial charge in [-0.1, -0.05) is 66.8 Å². The molecule has 0 aliphatic heterocycles. The van der Waals surface area contributed by atoms with Crippen molar-refractivity contribution in [3.63, 3.8) is 0 Å². The minimum absolute atomic E-state index is 0.188. The summed E-state index contributed by atoms with van der Waals surface area (Å²) in [6, 6.07) is 21.2. The number of aliphatic hydroxyl groups is 1. The van der Waals surface area contributed by atoms with E-state index >= 15 is 0 Å². The van der Waals surface area contributed by atoms with Crippen LogP contribution in [0.5, 0.6) is 11.5 Å². The van der Waals surface area contributed by atoms with Crippen LogP contribution in [0.1, 0.15) is 40.3 Å². The third-order valence-corrected chi connectivity index (χ3v) is 7.16. The largest absolute Gasteiger partial charge is 0.477 e. The van der Waals surface area contributed by atoms with E-state index < -0.39 is 18.0 Å². The van der Waals surface area contributed by atoms with Gasteiger partial charge in [-0.3, -0.25) is 4.40 Å². The molecule has 5 rings (SSSR count). The number of carbonyl (C=O) groups excluding carboxylic acids is 1. The number of carboxylic acids is 1. The number of nitrogens with zero attached hydrogens (tertiary/aromatic N) is 2. The first-order valence-electron chi connectivity index (χ1n) is 12.1. The molecule has 2 aromatic heterocycles. The van der Waals surface area contributed by atoms with Gasteiger partial charge in [-0.05, 0) is 30.2 Å². The molecular formula is C28H26N4O5S. The van der Waals surface area contributed by atoms with Gasteiger partial charge in [0.25, 0.3) is 0 Å². The molecule has 1 unspecified atom stereocenters. The molecule has 0 saturated carbocycles. The van der Waals surface area contributed by atoms with E-state index in [2.05, 4.69) is 15.6 Å². The van der Waals surface area contributed by atoms with Crippen LogP contribution in [0.3, 0.4) is 0 Å². The number of nitrogens with one attached hydrogen (secondary N) is 2. The lowest BCUT2D eigenvalue weighted by molar-refractivity contribution is 0.0688. The van der Waals surface area contributed by atoms with Crippen LogP contribution < -0.4 is 15.4 Å². The average Bonchev–Trinajstić information content (AvgIpc) is 3.47. The lowest BCUT2D eigenvalue weighted by Gasteiger charge is -2.18. The summed E-state index contributed by atoms with van der Waals surface area (Å²) in [5, 5.41) is 25.0. The maximum absolute atomic E-state index is 12.5. The molecule has 0 aliphatic rings. The summed E-state index contributed by atoms with van der Waals surface area (Å²) in [4.78, 5) is 29.5. The van der Waals surface area contributed by atoms with Crippen LogP contribution in [0, 0.1) is 0 Å². The summed E-state index contributed by atoms with van der Waals surface area (Å²) in [5.41, 5.74) is 3.08. The number of imidazole rings is 1. The zero-order chi connectivity index (χ0) is 26.6. The molecule has 1 atom stereocenters. The molecule has 0 radical (unpaired) electrons. The molecule has 0 fully saturated rings. The normalized spacial score (nSPS) is 11.9. The number of amides is 2. The topological polar surface area (TPSA) is 125 Å². The lowest BCUT2D eigenvalue weighted by atomic mass is 10.1. The molecule has 5 aromatic rings. The molecule has 10 heteroatoms. The molecule has 3 aromatic carbocycles. The van der Waals surface area contributed by atoms with E-state index in [0.29, 0.717) is 28.6 Å². The van der Waals surface area contributed by atoms with E-state index in [0.717, 1.165) is 21.3 Å². The first-order valence-corrected chi connectivity index (χ1v) is 12.9. The maximum atomic E-state index is 12.5. The zero-order valence-electron chi connectivity index (χ0n) is 20.5. The molecule has 2 heterocycles. The summed E-state index contributed by atoms with van der Waals surface area (Å²) < 4.78 is 8.69. The number of rotatable bonds is 9. The molecular weight excluding hydrogens is 504 g/mol. The number of fused-ring (bicyclic) bond motifs is 3. The number of hydrogen-bond donors (Lipinski definition) is 4. The Labute approximate surface area is 222 Å². The Bertz CT molecular complexity index is 1610. The van der Waals surface area contributed by atoms with Crippen molar-refractivity contribution in [2.75, 3.05) is 6.61 Å². The van der Waals surface area contributed by atoms with Crippen LogP contribution >= 0.6 is 11.3 Å². The van der Waals surface area contributed by atoms with Crippen molar-refractivity contribution in [3.05, 3.63) is 95.3 Å². The molecule has 0 aliphatic carbocycles. The van der Waals surface area contributed by atoms with Gasteiger partial charge in [-0.2, -0.15) is 0 Å². The van der Waals surface area contributed by atoms with Gasteiger partial charge in [-0.25, -0.2) is 14.6 Å². The van der Waals surface area contributed by atoms with Gasteiger partial charge in [0.15, 0.2) is 10.7 Å². The van der Waals surface area contributed by atoms with Gasteiger partial charge in [0.05, 0.1) is 28.6 Å². The number of carboxylic acid groups (broad SMARTS) is 1. The molecule has 194 valence electrons. The Morgan fingerprint density at radius 2 is 1.84 bits per heavy atom. The van der Waals surface area contributed by atoms with Crippen molar-refractivity contribution >= 4 is 38.5 Å². The smallest absolute Gasteiger partial charge is 0.354 e. The van der Waals surface area contributed by atoms with E-state index in [1.165, 1.54) is 11.3 Å². The highest BCUT2D eigenvalue weighted by molar-refractivity contribution is 7.23. The van der Waals surface area contributed by atoms with E-state index in [-0.39, 0.29) is 18.8 Å². The second-order valence-electron chi connectivity index (χ2n) is 8.60. The van der Waals surface area contributed by atoms with E-state index in [1.54, 1.807) is 10.5 Å². The second kappa shape index (κ2) is 10.9. The molecule has 0 saturated heterocycles. The van der Waals surface area contributed by atoms with Crippen LogP contribution in [0.25, 0.3) is 15.2 Å². The Balaban J connectivity index is 1.32. The van der Waals surface area contributed by atoms with Gasteiger partial charge >= 0.3 is 12.0 Å². The molecule has 0 spiro atoms. The van der Waals surface area contributed by atoms with Crippen molar-refractivity contribution in [3.8, 4) is 11.5 Å². The third kappa shape index (κ3) is 5.04. The van der Waals surface area contributed by atoms with Crippen LogP contribution in [0.4, 0.5) is 4.79 Å². The fraction of sp³-hybridized carbons (Fsp3) is 0.179. The van der Waals surface area contributed by atoms with E-state index in [9.17, 15) is 19.8 Å². The molecule has 9 nitrogen and oxygen atoms in total. The number of aliphatic hydroxyl groups excluding tert-OH is 1. The summed E-state index contributed by atoms with van der Waals surface area (Å²) in [6.45, 7) is 1.88. The highest BCUT2D eigenvalue weighted by Crippen LogP contribution is 2.34.